The molecule has 0 bridgehead atoms. The van der Waals surface area contributed by atoms with E-state index in [1.54, 1.807) is 23.0 Å². The number of nitrogens with zero attached hydrogens (tertiary/aromatic N) is 4. The lowest BCUT2D eigenvalue weighted by atomic mass is 10.1. The topological polar surface area (TPSA) is 58.4 Å². The number of benzene rings is 1. The van der Waals surface area contributed by atoms with E-state index in [2.05, 4.69) is 5.10 Å². The van der Waals surface area contributed by atoms with Gasteiger partial charge in [-0.2, -0.15) is 5.10 Å². The normalized spacial score (nSPS) is 17.7. The number of carbonyl (C=O) groups is 2. The second-order valence-electron chi connectivity index (χ2n) is 7.85. The van der Waals surface area contributed by atoms with Crippen LogP contribution >= 0.6 is 0 Å². The monoisotopic (exact) mass is 398 g/mol. The summed E-state index contributed by atoms with van der Waals surface area (Å²) >= 11 is 0. The van der Waals surface area contributed by atoms with E-state index in [0.29, 0.717) is 38.2 Å². The molecule has 2 heterocycles. The Hall–Kier alpha value is -2.70. The minimum absolute atomic E-state index is 0.0526. The number of rotatable bonds is 4. The van der Waals surface area contributed by atoms with E-state index in [1.807, 2.05) is 16.7 Å². The van der Waals surface area contributed by atoms with Crippen LogP contribution in [-0.4, -0.2) is 57.6 Å². The van der Waals surface area contributed by atoms with Crippen molar-refractivity contribution in [3.8, 4) is 5.69 Å². The second kappa shape index (κ2) is 8.35. The number of aromatic nitrogens is 2. The molecule has 2 aromatic rings. The Morgan fingerprint density at radius 1 is 1.03 bits per heavy atom. The van der Waals surface area contributed by atoms with Crippen LogP contribution < -0.4 is 0 Å². The van der Waals surface area contributed by atoms with Crippen LogP contribution in [0, 0.1) is 11.7 Å². The van der Waals surface area contributed by atoms with Crippen LogP contribution in [0.4, 0.5) is 4.39 Å². The van der Waals surface area contributed by atoms with Crippen LogP contribution in [0.15, 0.2) is 30.5 Å². The van der Waals surface area contributed by atoms with Gasteiger partial charge in [0.15, 0.2) is 0 Å². The van der Waals surface area contributed by atoms with Gasteiger partial charge in [-0.3, -0.25) is 9.59 Å². The van der Waals surface area contributed by atoms with Crippen molar-refractivity contribution in [3.63, 3.8) is 0 Å². The number of hydrogen-bond acceptors (Lipinski definition) is 3. The molecular weight excluding hydrogens is 371 g/mol. The molecule has 1 aromatic heterocycles. The van der Waals surface area contributed by atoms with Crippen molar-refractivity contribution in [3.05, 3.63) is 47.5 Å². The minimum atomic E-state index is -0.305. The first-order valence-corrected chi connectivity index (χ1v) is 10.5. The van der Waals surface area contributed by atoms with Crippen LogP contribution in [0.5, 0.6) is 0 Å². The quantitative estimate of drug-likeness (QED) is 0.795. The molecule has 4 rings (SSSR count). The average Bonchev–Trinajstić information content (AvgIpc) is 3.43. The Bertz CT molecular complexity index is 879. The molecule has 2 amide bonds. The fourth-order valence-corrected chi connectivity index (χ4v) is 4.43. The highest BCUT2D eigenvalue weighted by atomic mass is 19.1. The van der Waals surface area contributed by atoms with Gasteiger partial charge in [0.05, 0.1) is 23.1 Å². The third-order valence-corrected chi connectivity index (χ3v) is 6.09. The van der Waals surface area contributed by atoms with Gasteiger partial charge in [-0.25, -0.2) is 9.07 Å². The Balaban J connectivity index is 1.45. The molecular formula is C22H27FN4O2. The molecule has 0 atom stereocenters. The zero-order chi connectivity index (χ0) is 20.4. The highest BCUT2D eigenvalue weighted by molar-refractivity contribution is 5.95. The molecule has 1 saturated carbocycles. The smallest absolute Gasteiger partial charge is 0.257 e. The van der Waals surface area contributed by atoms with Gasteiger partial charge in [-0.15, -0.1) is 0 Å². The molecule has 1 saturated heterocycles. The predicted molar refractivity (Wildman–Crippen MR) is 107 cm³/mol. The molecule has 0 spiro atoms. The number of hydrogen-bond donors (Lipinski definition) is 0. The van der Waals surface area contributed by atoms with Gasteiger partial charge in [-0.05, 0) is 43.5 Å². The molecule has 0 radical (unpaired) electrons. The Morgan fingerprint density at radius 3 is 2.28 bits per heavy atom. The summed E-state index contributed by atoms with van der Waals surface area (Å²) in [5.41, 5.74) is 2.12. The van der Waals surface area contributed by atoms with E-state index in [0.717, 1.165) is 37.1 Å². The highest BCUT2D eigenvalue weighted by Crippen LogP contribution is 2.27. The maximum Gasteiger partial charge on any atom is 0.257 e. The zero-order valence-corrected chi connectivity index (χ0v) is 16.8. The van der Waals surface area contributed by atoms with Gasteiger partial charge in [0.25, 0.3) is 5.91 Å². The molecule has 1 aromatic carbocycles. The van der Waals surface area contributed by atoms with E-state index >= 15 is 0 Å². The van der Waals surface area contributed by atoms with E-state index < -0.39 is 0 Å². The van der Waals surface area contributed by atoms with Crippen molar-refractivity contribution in [2.24, 2.45) is 5.92 Å². The largest absolute Gasteiger partial charge is 0.339 e. The fourth-order valence-electron chi connectivity index (χ4n) is 4.43. The number of carbonyl (C=O) groups excluding carboxylic acids is 2. The van der Waals surface area contributed by atoms with E-state index in [9.17, 15) is 14.0 Å². The lowest BCUT2D eigenvalue weighted by Crippen LogP contribution is -2.51. The molecule has 154 valence electrons. The first-order valence-electron chi connectivity index (χ1n) is 10.5. The Labute approximate surface area is 170 Å². The number of amides is 2. The fraction of sp³-hybridized carbons (Fsp3) is 0.500. The van der Waals surface area contributed by atoms with Crippen molar-refractivity contribution < 1.29 is 14.0 Å². The number of piperazine rings is 1. The summed E-state index contributed by atoms with van der Waals surface area (Å²) in [5, 5.41) is 4.38. The summed E-state index contributed by atoms with van der Waals surface area (Å²) in [5.74, 6) is 0.0781. The van der Waals surface area contributed by atoms with E-state index in [4.69, 9.17) is 0 Å². The van der Waals surface area contributed by atoms with Crippen LogP contribution in [-0.2, 0) is 11.2 Å². The summed E-state index contributed by atoms with van der Waals surface area (Å²) in [6.45, 7) is 4.25. The zero-order valence-electron chi connectivity index (χ0n) is 16.8. The standard InChI is InChI=1S/C22H27FN4O2/c1-2-20-19(15-24-27(20)18-9-7-17(23)8-10-18)22(29)26-13-11-25(12-14-26)21(28)16-5-3-4-6-16/h7-10,15-16H,2-6,11-14H2,1H3. The van der Waals surface area contributed by atoms with Crippen molar-refractivity contribution in [1.82, 2.24) is 19.6 Å². The molecule has 1 aliphatic heterocycles. The van der Waals surface area contributed by atoms with Gasteiger partial charge in [-0.1, -0.05) is 19.8 Å². The molecule has 6 nitrogen and oxygen atoms in total. The third kappa shape index (κ3) is 3.91. The first-order chi connectivity index (χ1) is 14.1. The van der Waals surface area contributed by atoms with Gasteiger partial charge in [0, 0.05) is 32.1 Å². The maximum atomic E-state index is 13.2. The minimum Gasteiger partial charge on any atom is -0.339 e. The lowest BCUT2D eigenvalue weighted by Gasteiger charge is -2.36. The SMILES string of the molecule is CCc1c(C(=O)N2CCN(C(=O)C3CCCC3)CC2)cnn1-c1ccc(F)cc1. The van der Waals surface area contributed by atoms with Crippen LogP contribution in [0.1, 0.15) is 48.7 Å². The van der Waals surface area contributed by atoms with Crippen LogP contribution in [0.3, 0.4) is 0 Å². The van der Waals surface area contributed by atoms with Crippen molar-refractivity contribution in [2.45, 2.75) is 39.0 Å². The van der Waals surface area contributed by atoms with Crippen LogP contribution in [0.2, 0.25) is 0 Å². The number of halogens is 1. The second-order valence-corrected chi connectivity index (χ2v) is 7.85. The first kappa shape index (κ1) is 19.6. The Kier molecular flexibility index (Phi) is 5.65. The Morgan fingerprint density at radius 2 is 1.66 bits per heavy atom. The van der Waals surface area contributed by atoms with E-state index in [1.165, 1.54) is 12.1 Å². The average molecular weight is 398 g/mol. The molecule has 29 heavy (non-hydrogen) atoms. The summed E-state index contributed by atoms with van der Waals surface area (Å²) in [4.78, 5) is 29.5. The predicted octanol–water partition coefficient (Wildman–Crippen LogP) is 3.05. The van der Waals surface area contributed by atoms with Crippen molar-refractivity contribution in [1.29, 1.82) is 0 Å². The molecule has 0 N–H and O–H groups in total. The third-order valence-electron chi connectivity index (χ3n) is 6.09. The lowest BCUT2D eigenvalue weighted by molar-refractivity contribution is -0.136. The molecule has 0 unspecified atom stereocenters. The molecule has 7 heteroatoms. The van der Waals surface area contributed by atoms with Crippen molar-refractivity contribution in [2.75, 3.05) is 26.2 Å². The van der Waals surface area contributed by atoms with Gasteiger partial charge >= 0.3 is 0 Å². The molecule has 2 fully saturated rings. The maximum absolute atomic E-state index is 13.2. The summed E-state index contributed by atoms with van der Waals surface area (Å²) in [6, 6.07) is 6.09. The highest BCUT2D eigenvalue weighted by Gasteiger charge is 2.31. The summed E-state index contributed by atoms with van der Waals surface area (Å²) < 4.78 is 14.9. The molecule has 1 aliphatic carbocycles. The summed E-state index contributed by atoms with van der Waals surface area (Å²) in [7, 11) is 0. The van der Waals surface area contributed by atoms with Gasteiger partial charge < -0.3 is 9.80 Å². The van der Waals surface area contributed by atoms with Crippen LogP contribution in [0.25, 0.3) is 5.69 Å². The summed E-state index contributed by atoms with van der Waals surface area (Å²) in [6.07, 6.45) is 6.53. The van der Waals surface area contributed by atoms with Gasteiger partial charge in [0.1, 0.15) is 5.82 Å². The van der Waals surface area contributed by atoms with Crippen molar-refractivity contribution >= 4 is 11.8 Å². The molecule has 2 aliphatic rings. The van der Waals surface area contributed by atoms with Gasteiger partial charge in [0.2, 0.25) is 5.91 Å². The van der Waals surface area contributed by atoms with E-state index in [-0.39, 0.29) is 23.5 Å².